The van der Waals surface area contributed by atoms with Gasteiger partial charge in [0.15, 0.2) is 6.61 Å². The van der Waals surface area contributed by atoms with Crippen molar-refractivity contribution >= 4 is 51.2 Å². The SMILES string of the molecule is CNC(=O)NC(=O)COC(=O)c1ccccc1Sc1ncnc2sc3c(c12)CCC3. The highest BCUT2D eigenvalue weighted by Gasteiger charge is 2.23. The number of benzene rings is 1. The Morgan fingerprint density at radius 1 is 1.20 bits per heavy atom. The molecule has 0 atom stereocenters. The summed E-state index contributed by atoms with van der Waals surface area (Å²) in [6.07, 6.45) is 4.76. The van der Waals surface area contributed by atoms with Gasteiger partial charge in [0.05, 0.1) is 5.56 Å². The first-order chi connectivity index (χ1) is 14.6. The molecule has 0 fully saturated rings. The van der Waals surface area contributed by atoms with E-state index in [9.17, 15) is 14.4 Å². The van der Waals surface area contributed by atoms with E-state index < -0.39 is 24.5 Å². The number of ether oxygens (including phenoxy) is 1. The number of imide groups is 1. The molecule has 4 rings (SSSR count). The number of urea groups is 1. The molecule has 1 aromatic carbocycles. The van der Waals surface area contributed by atoms with Gasteiger partial charge in [0.1, 0.15) is 16.2 Å². The zero-order valence-corrected chi connectivity index (χ0v) is 17.7. The number of hydrogen-bond acceptors (Lipinski definition) is 8. The van der Waals surface area contributed by atoms with E-state index >= 15 is 0 Å². The summed E-state index contributed by atoms with van der Waals surface area (Å²) in [7, 11) is 1.38. The summed E-state index contributed by atoms with van der Waals surface area (Å²) in [5.41, 5.74) is 1.64. The summed E-state index contributed by atoms with van der Waals surface area (Å²) in [6, 6.07) is 6.34. The molecule has 2 heterocycles. The average molecular weight is 443 g/mol. The Bertz CT molecular complexity index is 1150. The number of amides is 3. The van der Waals surface area contributed by atoms with Crippen LogP contribution in [0.25, 0.3) is 10.2 Å². The van der Waals surface area contributed by atoms with Crippen molar-refractivity contribution in [3.8, 4) is 0 Å². The molecular formula is C20H18N4O4S2. The number of nitrogens with zero attached hydrogens (tertiary/aromatic N) is 2. The van der Waals surface area contributed by atoms with Gasteiger partial charge in [-0.15, -0.1) is 11.3 Å². The lowest BCUT2D eigenvalue weighted by Crippen LogP contribution is -2.39. The molecule has 154 valence electrons. The second-order valence-corrected chi connectivity index (χ2v) is 8.63. The minimum atomic E-state index is -0.709. The molecule has 0 bridgehead atoms. The molecule has 3 aromatic rings. The molecule has 1 aliphatic carbocycles. The molecule has 0 saturated heterocycles. The average Bonchev–Trinajstić information content (AvgIpc) is 3.34. The number of thiophene rings is 1. The number of nitrogens with one attached hydrogen (secondary N) is 2. The van der Waals surface area contributed by atoms with Crippen molar-refractivity contribution in [3.63, 3.8) is 0 Å². The predicted octanol–water partition coefficient (Wildman–Crippen LogP) is 2.94. The molecule has 0 spiro atoms. The lowest BCUT2D eigenvalue weighted by Gasteiger charge is -2.10. The first-order valence-electron chi connectivity index (χ1n) is 9.27. The Morgan fingerprint density at radius 2 is 2.03 bits per heavy atom. The van der Waals surface area contributed by atoms with Crippen molar-refractivity contribution in [2.75, 3.05) is 13.7 Å². The fourth-order valence-electron chi connectivity index (χ4n) is 3.24. The maximum absolute atomic E-state index is 12.6. The maximum atomic E-state index is 12.6. The highest BCUT2D eigenvalue weighted by Crippen LogP contribution is 2.42. The van der Waals surface area contributed by atoms with E-state index in [0.29, 0.717) is 10.5 Å². The van der Waals surface area contributed by atoms with Gasteiger partial charge in [-0.05, 0) is 37.0 Å². The normalized spacial score (nSPS) is 12.4. The van der Waals surface area contributed by atoms with Crippen LogP contribution in [0.4, 0.5) is 4.79 Å². The Labute approximate surface area is 180 Å². The topological polar surface area (TPSA) is 110 Å². The maximum Gasteiger partial charge on any atom is 0.339 e. The van der Waals surface area contributed by atoms with Crippen LogP contribution >= 0.6 is 23.1 Å². The molecule has 30 heavy (non-hydrogen) atoms. The van der Waals surface area contributed by atoms with Gasteiger partial charge in [-0.3, -0.25) is 10.1 Å². The molecule has 3 amide bonds. The van der Waals surface area contributed by atoms with E-state index in [0.717, 1.165) is 34.5 Å². The van der Waals surface area contributed by atoms with Crippen molar-refractivity contribution in [3.05, 3.63) is 46.6 Å². The Hall–Kier alpha value is -2.98. The lowest BCUT2D eigenvalue weighted by molar-refractivity contribution is -0.123. The first kappa shape index (κ1) is 20.3. The van der Waals surface area contributed by atoms with E-state index in [2.05, 4.69) is 15.3 Å². The van der Waals surface area contributed by atoms with Crippen molar-refractivity contribution in [2.45, 2.75) is 29.2 Å². The Balaban J connectivity index is 1.55. The van der Waals surface area contributed by atoms with Crippen LogP contribution in [0.15, 0.2) is 40.5 Å². The van der Waals surface area contributed by atoms with Gasteiger partial charge in [0.2, 0.25) is 0 Å². The molecule has 10 heteroatoms. The fourth-order valence-corrected chi connectivity index (χ4v) is 5.57. The monoisotopic (exact) mass is 442 g/mol. The molecular weight excluding hydrogens is 424 g/mol. The van der Waals surface area contributed by atoms with E-state index in [4.69, 9.17) is 4.74 Å². The zero-order chi connectivity index (χ0) is 21.1. The molecule has 8 nitrogen and oxygen atoms in total. The van der Waals surface area contributed by atoms with Crippen molar-refractivity contribution in [1.29, 1.82) is 0 Å². The molecule has 0 saturated carbocycles. The van der Waals surface area contributed by atoms with Crippen LogP contribution in [0.3, 0.4) is 0 Å². The fraction of sp³-hybridized carbons (Fsp3) is 0.250. The van der Waals surface area contributed by atoms with Gasteiger partial charge in [0, 0.05) is 22.2 Å². The van der Waals surface area contributed by atoms with E-state index in [1.807, 2.05) is 17.4 Å². The molecule has 1 aliphatic rings. The number of aromatic nitrogens is 2. The second kappa shape index (κ2) is 8.80. The largest absolute Gasteiger partial charge is 0.452 e. The molecule has 0 aliphatic heterocycles. The number of hydrogen-bond donors (Lipinski definition) is 2. The number of carbonyl (C=O) groups is 3. The third kappa shape index (κ3) is 4.14. The van der Waals surface area contributed by atoms with Gasteiger partial charge >= 0.3 is 12.0 Å². The summed E-state index contributed by atoms with van der Waals surface area (Å²) in [4.78, 5) is 47.3. The number of esters is 1. The minimum absolute atomic E-state index is 0.328. The third-order valence-corrected chi connectivity index (χ3v) is 6.87. The van der Waals surface area contributed by atoms with Crippen LogP contribution in [0.5, 0.6) is 0 Å². The van der Waals surface area contributed by atoms with Crippen LogP contribution in [0.1, 0.15) is 27.2 Å². The Morgan fingerprint density at radius 3 is 2.87 bits per heavy atom. The highest BCUT2D eigenvalue weighted by molar-refractivity contribution is 7.99. The minimum Gasteiger partial charge on any atom is -0.452 e. The smallest absolute Gasteiger partial charge is 0.339 e. The first-order valence-corrected chi connectivity index (χ1v) is 10.9. The van der Waals surface area contributed by atoms with Crippen molar-refractivity contribution in [2.24, 2.45) is 0 Å². The van der Waals surface area contributed by atoms with E-state index in [-0.39, 0.29) is 0 Å². The molecule has 0 unspecified atom stereocenters. The summed E-state index contributed by atoms with van der Waals surface area (Å²) >= 11 is 3.09. The Kier molecular flexibility index (Phi) is 5.96. The number of aryl methyl sites for hydroxylation is 2. The number of carbonyl (C=O) groups excluding carboxylic acids is 3. The standard InChI is InChI=1S/C20H18N4O4S2/c1-21-20(27)24-15(25)9-28-19(26)12-5-2-3-7-14(12)30-18-16-11-6-4-8-13(11)29-17(16)22-10-23-18/h2-3,5,7,10H,4,6,8-9H2,1H3,(H2,21,24,25,27). The van der Waals surface area contributed by atoms with E-state index in [1.165, 1.54) is 29.3 Å². The second-order valence-electron chi connectivity index (χ2n) is 6.52. The van der Waals surface area contributed by atoms with Gasteiger partial charge in [-0.2, -0.15) is 0 Å². The summed E-state index contributed by atoms with van der Waals surface area (Å²) in [5.74, 6) is -1.36. The molecule has 2 aromatic heterocycles. The van der Waals surface area contributed by atoms with Gasteiger partial charge < -0.3 is 10.1 Å². The quantitative estimate of drug-likeness (QED) is 0.462. The third-order valence-electron chi connectivity index (χ3n) is 4.59. The highest BCUT2D eigenvalue weighted by atomic mass is 32.2. The van der Waals surface area contributed by atoms with Gasteiger partial charge in [0.25, 0.3) is 5.91 Å². The van der Waals surface area contributed by atoms with Crippen molar-refractivity contribution in [1.82, 2.24) is 20.6 Å². The molecule has 2 N–H and O–H groups in total. The van der Waals surface area contributed by atoms with Gasteiger partial charge in [-0.1, -0.05) is 23.9 Å². The summed E-state index contributed by atoms with van der Waals surface area (Å²) < 4.78 is 5.09. The summed E-state index contributed by atoms with van der Waals surface area (Å²) in [5, 5.41) is 6.17. The van der Waals surface area contributed by atoms with Gasteiger partial charge in [-0.25, -0.2) is 19.6 Å². The number of rotatable bonds is 5. The van der Waals surface area contributed by atoms with Crippen molar-refractivity contribution < 1.29 is 19.1 Å². The van der Waals surface area contributed by atoms with E-state index in [1.54, 1.807) is 29.8 Å². The van der Waals surface area contributed by atoms with Crippen LogP contribution < -0.4 is 10.6 Å². The van der Waals surface area contributed by atoms with Crippen LogP contribution in [0.2, 0.25) is 0 Å². The van der Waals surface area contributed by atoms with Crippen LogP contribution in [0, 0.1) is 0 Å². The lowest BCUT2D eigenvalue weighted by atomic mass is 10.2. The zero-order valence-electron chi connectivity index (χ0n) is 16.1. The van der Waals surface area contributed by atoms with Crippen LogP contribution in [-0.4, -0.2) is 41.5 Å². The predicted molar refractivity (Wildman–Crippen MR) is 113 cm³/mol. The number of fused-ring (bicyclic) bond motifs is 3. The molecule has 0 radical (unpaired) electrons. The summed E-state index contributed by atoms with van der Waals surface area (Å²) in [6.45, 7) is -0.555. The van der Waals surface area contributed by atoms with Crippen LogP contribution in [-0.2, 0) is 22.4 Å².